The predicted octanol–water partition coefficient (Wildman–Crippen LogP) is 5.73. The van der Waals surface area contributed by atoms with E-state index in [4.69, 9.17) is 4.74 Å². The largest absolute Gasteiger partial charge is 0.416 e. The Morgan fingerprint density at radius 1 is 1.13 bits per heavy atom. The van der Waals surface area contributed by atoms with Crippen LogP contribution in [0, 0.1) is 11.2 Å². The number of alkyl halides is 3. The summed E-state index contributed by atoms with van der Waals surface area (Å²) >= 11 is 0. The molecule has 1 aliphatic heterocycles. The Morgan fingerprint density at radius 2 is 1.87 bits per heavy atom. The fourth-order valence-electron chi connectivity index (χ4n) is 4.86. The van der Waals surface area contributed by atoms with Crippen molar-refractivity contribution in [3.63, 3.8) is 0 Å². The first kappa shape index (κ1) is 22.0. The maximum Gasteiger partial charge on any atom is 0.416 e. The molecule has 0 unspecified atom stereocenters. The SMILES string of the molecule is COCC1(CCc2ncnc(N3CCC[C@@H]3c3ccc(C(F)(F)F)cc3)c2F)CCC1. The number of benzene rings is 1. The molecule has 0 amide bonds. The Hall–Kier alpha value is -2.22. The molecule has 1 aromatic heterocycles. The summed E-state index contributed by atoms with van der Waals surface area (Å²) in [5, 5.41) is 0. The monoisotopic (exact) mass is 437 g/mol. The van der Waals surface area contributed by atoms with Crippen LogP contribution in [0.15, 0.2) is 30.6 Å². The first-order chi connectivity index (χ1) is 14.8. The van der Waals surface area contributed by atoms with Gasteiger partial charge in [-0.05, 0) is 61.6 Å². The summed E-state index contributed by atoms with van der Waals surface area (Å²) in [6, 6.07) is 4.93. The van der Waals surface area contributed by atoms with Crippen LogP contribution < -0.4 is 4.90 Å². The Kier molecular flexibility index (Phi) is 6.19. The minimum absolute atomic E-state index is 0.114. The van der Waals surface area contributed by atoms with Crippen molar-refractivity contribution in [3.8, 4) is 0 Å². The van der Waals surface area contributed by atoms with E-state index in [0.717, 1.165) is 49.8 Å². The van der Waals surface area contributed by atoms with Crippen molar-refractivity contribution in [2.24, 2.45) is 5.41 Å². The van der Waals surface area contributed by atoms with Crippen molar-refractivity contribution in [2.75, 3.05) is 25.2 Å². The quantitative estimate of drug-likeness (QED) is 0.519. The molecular formula is C23H27F4N3O. The number of anilines is 1. The molecule has 0 bridgehead atoms. The van der Waals surface area contributed by atoms with E-state index in [1.165, 1.54) is 24.9 Å². The van der Waals surface area contributed by atoms with Crippen LogP contribution in [-0.4, -0.2) is 30.2 Å². The number of ether oxygens (including phenoxy) is 1. The summed E-state index contributed by atoms with van der Waals surface area (Å²) < 4.78 is 59.4. The topological polar surface area (TPSA) is 38.3 Å². The first-order valence-electron chi connectivity index (χ1n) is 10.8. The number of aromatic nitrogens is 2. The summed E-state index contributed by atoms with van der Waals surface area (Å²) in [6.07, 6.45) is 3.25. The number of aryl methyl sites for hydroxylation is 1. The van der Waals surface area contributed by atoms with Gasteiger partial charge in [-0.1, -0.05) is 18.6 Å². The minimum atomic E-state index is -4.37. The molecule has 1 aliphatic carbocycles. The van der Waals surface area contributed by atoms with E-state index in [1.54, 1.807) is 7.11 Å². The summed E-state index contributed by atoms with van der Waals surface area (Å²) in [5.74, 6) is -0.185. The molecule has 0 spiro atoms. The molecule has 31 heavy (non-hydrogen) atoms. The van der Waals surface area contributed by atoms with Gasteiger partial charge in [0, 0.05) is 13.7 Å². The van der Waals surface area contributed by atoms with E-state index >= 15 is 4.39 Å². The second-order valence-electron chi connectivity index (χ2n) is 8.72. The third-order valence-electron chi connectivity index (χ3n) is 6.75. The van der Waals surface area contributed by atoms with Crippen LogP contribution in [0.4, 0.5) is 23.4 Å². The number of rotatable bonds is 7. The third kappa shape index (κ3) is 4.54. The summed E-state index contributed by atoms with van der Waals surface area (Å²) in [6.45, 7) is 1.28. The number of hydrogen-bond donors (Lipinski definition) is 0. The molecule has 1 atom stereocenters. The van der Waals surface area contributed by atoms with Crippen LogP contribution >= 0.6 is 0 Å². The average Bonchev–Trinajstić information content (AvgIpc) is 3.20. The summed E-state index contributed by atoms with van der Waals surface area (Å²) in [4.78, 5) is 10.3. The standard InChI is InChI=1S/C23H27F4N3O/c1-31-14-22(10-3-11-22)12-9-18-20(24)21(29-15-28-18)30-13-2-4-19(30)16-5-7-17(8-6-16)23(25,26)27/h5-8,15,19H,2-4,9-14H2,1H3/t19-/m1/s1. The second-order valence-corrected chi connectivity index (χ2v) is 8.72. The van der Waals surface area contributed by atoms with Crippen molar-refractivity contribution in [3.05, 3.63) is 53.2 Å². The normalized spacial score (nSPS) is 20.7. The molecule has 2 fully saturated rings. The lowest BCUT2D eigenvalue weighted by molar-refractivity contribution is -0.137. The molecule has 8 heteroatoms. The molecule has 1 saturated heterocycles. The molecule has 1 saturated carbocycles. The van der Waals surface area contributed by atoms with Crippen molar-refractivity contribution in [1.82, 2.24) is 9.97 Å². The minimum Gasteiger partial charge on any atom is -0.384 e. The van der Waals surface area contributed by atoms with Gasteiger partial charge in [-0.2, -0.15) is 13.2 Å². The van der Waals surface area contributed by atoms with E-state index in [1.807, 2.05) is 4.90 Å². The summed E-state index contributed by atoms with van der Waals surface area (Å²) in [5.41, 5.74) is 0.559. The van der Waals surface area contributed by atoms with Gasteiger partial charge in [0.25, 0.3) is 0 Å². The molecular weight excluding hydrogens is 410 g/mol. The average molecular weight is 437 g/mol. The van der Waals surface area contributed by atoms with Crippen LogP contribution in [0.5, 0.6) is 0 Å². The zero-order valence-electron chi connectivity index (χ0n) is 17.6. The highest BCUT2D eigenvalue weighted by molar-refractivity contribution is 5.46. The molecule has 2 aromatic rings. The molecule has 168 valence electrons. The second kappa shape index (κ2) is 8.73. The zero-order valence-corrected chi connectivity index (χ0v) is 17.6. The van der Waals surface area contributed by atoms with Crippen molar-refractivity contribution in [2.45, 2.75) is 57.2 Å². The third-order valence-corrected chi connectivity index (χ3v) is 6.75. The van der Waals surface area contributed by atoms with Gasteiger partial charge in [0.1, 0.15) is 6.33 Å². The van der Waals surface area contributed by atoms with Gasteiger partial charge < -0.3 is 9.64 Å². The number of nitrogens with zero attached hydrogens (tertiary/aromatic N) is 3. The van der Waals surface area contributed by atoms with E-state index in [2.05, 4.69) is 9.97 Å². The van der Waals surface area contributed by atoms with Crippen LogP contribution in [0.2, 0.25) is 0 Å². The van der Waals surface area contributed by atoms with Gasteiger partial charge in [-0.15, -0.1) is 0 Å². The van der Waals surface area contributed by atoms with Crippen molar-refractivity contribution >= 4 is 5.82 Å². The maximum absolute atomic E-state index is 15.4. The van der Waals surface area contributed by atoms with E-state index < -0.39 is 17.6 Å². The Bertz CT molecular complexity index is 897. The highest BCUT2D eigenvalue weighted by atomic mass is 19.4. The van der Waals surface area contributed by atoms with E-state index in [-0.39, 0.29) is 17.3 Å². The highest BCUT2D eigenvalue weighted by Gasteiger charge is 2.37. The Balaban J connectivity index is 1.52. The highest BCUT2D eigenvalue weighted by Crippen LogP contribution is 2.45. The van der Waals surface area contributed by atoms with Gasteiger partial charge >= 0.3 is 6.18 Å². The van der Waals surface area contributed by atoms with Crippen molar-refractivity contribution < 1.29 is 22.3 Å². The van der Waals surface area contributed by atoms with Gasteiger partial charge in [-0.3, -0.25) is 0 Å². The van der Waals surface area contributed by atoms with Crippen LogP contribution in [-0.2, 0) is 17.3 Å². The molecule has 0 N–H and O–H groups in total. The molecule has 1 aromatic carbocycles. The van der Waals surface area contributed by atoms with Crippen LogP contribution in [0.25, 0.3) is 0 Å². The molecule has 2 heterocycles. The zero-order chi connectivity index (χ0) is 22.1. The lowest BCUT2D eigenvalue weighted by Crippen LogP contribution is -2.34. The molecule has 0 radical (unpaired) electrons. The lowest BCUT2D eigenvalue weighted by atomic mass is 9.66. The molecule has 4 rings (SSSR count). The Morgan fingerprint density at radius 3 is 2.48 bits per heavy atom. The first-order valence-corrected chi connectivity index (χ1v) is 10.8. The summed E-state index contributed by atoms with van der Waals surface area (Å²) in [7, 11) is 1.69. The Labute approximate surface area is 179 Å². The van der Waals surface area contributed by atoms with Gasteiger partial charge in [0.15, 0.2) is 11.6 Å². The van der Waals surface area contributed by atoms with Gasteiger partial charge in [-0.25, -0.2) is 14.4 Å². The molecule has 4 nitrogen and oxygen atoms in total. The predicted molar refractivity (Wildman–Crippen MR) is 109 cm³/mol. The van der Waals surface area contributed by atoms with Crippen LogP contribution in [0.3, 0.4) is 0 Å². The maximum atomic E-state index is 15.4. The fraction of sp³-hybridized carbons (Fsp3) is 0.565. The number of hydrogen-bond acceptors (Lipinski definition) is 4. The fourth-order valence-corrected chi connectivity index (χ4v) is 4.86. The number of methoxy groups -OCH3 is 1. The van der Waals surface area contributed by atoms with E-state index in [9.17, 15) is 13.2 Å². The van der Waals surface area contributed by atoms with Gasteiger partial charge in [0.05, 0.1) is 23.9 Å². The smallest absolute Gasteiger partial charge is 0.384 e. The number of halogens is 4. The van der Waals surface area contributed by atoms with Gasteiger partial charge in [0.2, 0.25) is 0 Å². The van der Waals surface area contributed by atoms with E-state index in [0.29, 0.717) is 25.3 Å². The van der Waals surface area contributed by atoms with Crippen LogP contribution in [0.1, 0.15) is 61.4 Å². The molecule has 2 aliphatic rings. The van der Waals surface area contributed by atoms with Crippen molar-refractivity contribution in [1.29, 1.82) is 0 Å². The lowest BCUT2D eigenvalue weighted by Gasteiger charge is -2.41.